The van der Waals surface area contributed by atoms with E-state index in [-0.39, 0.29) is 0 Å². The Morgan fingerprint density at radius 3 is 2.84 bits per heavy atom. The van der Waals surface area contributed by atoms with Crippen molar-refractivity contribution in [1.29, 1.82) is 0 Å². The number of carboxylic acid groups (broad SMARTS) is 1. The van der Waals surface area contributed by atoms with Gasteiger partial charge in [0.05, 0.1) is 18.2 Å². The van der Waals surface area contributed by atoms with Gasteiger partial charge in [0.25, 0.3) is 0 Å². The Hall–Kier alpha value is -1.21. The fraction of sp³-hybridized carbons (Fsp3) is 0.333. The molecule has 7 heteroatoms. The fourth-order valence-corrected chi connectivity index (χ4v) is 2.94. The topological polar surface area (TPSA) is 63.8 Å². The van der Waals surface area contributed by atoms with Gasteiger partial charge in [0, 0.05) is 12.3 Å². The number of fused-ring (bicyclic) bond motifs is 1. The first-order chi connectivity index (χ1) is 8.85. The zero-order valence-electron chi connectivity index (χ0n) is 10.7. The molecule has 0 aliphatic rings. The van der Waals surface area contributed by atoms with Crippen molar-refractivity contribution in [2.24, 2.45) is 0 Å². The lowest BCUT2D eigenvalue weighted by atomic mass is 10.2. The summed E-state index contributed by atoms with van der Waals surface area (Å²) in [6, 6.07) is 1.78. The number of rotatable bonds is 4. The third-order valence-electron chi connectivity index (χ3n) is 2.63. The number of halogens is 1. The first kappa shape index (κ1) is 14.2. The Morgan fingerprint density at radius 1 is 1.58 bits per heavy atom. The smallest absolute Gasteiger partial charge is 0.319 e. The molecule has 0 amide bonds. The lowest BCUT2D eigenvalue weighted by Gasteiger charge is -2.20. The Kier molecular flexibility index (Phi) is 3.78. The van der Waals surface area contributed by atoms with Crippen molar-refractivity contribution in [1.82, 2.24) is 9.38 Å². The van der Waals surface area contributed by atoms with Crippen molar-refractivity contribution in [3.63, 3.8) is 0 Å². The van der Waals surface area contributed by atoms with Crippen molar-refractivity contribution in [2.45, 2.75) is 23.5 Å². The van der Waals surface area contributed by atoms with Gasteiger partial charge in [-0.15, -0.1) is 11.8 Å². The van der Waals surface area contributed by atoms with E-state index in [1.165, 1.54) is 11.8 Å². The van der Waals surface area contributed by atoms with Gasteiger partial charge in [0.2, 0.25) is 0 Å². The van der Waals surface area contributed by atoms with Crippen LogP contribution in [0.15, 0.2) is 28.0 Å². The number of thioether (sulfide) groups is 1. The molecule has 0 fully saturated rings. The number of ether oxygens (including phenoxy) is 1. The number of hydrogen-bond acceptors (Lipinski definition) is 4. The second kappa shape index (κ2) is 5.05. The molecule has 0 saturated heterocycles. The molecular weight excluding hydrogens is 332 g/mol. The maximum atomic E-state index is 11.2. The van der Waals surface area contributed by atoms with Crippen LogP contribution in [0.3, 0.4) is 0 Å². The number of nitrogens with zero attached hydrogens (tertiary/aromatic N) is 2. The first-order valence-electron chi connectivity index (χ1n) is 5.48. The Morgan fingerprint density at radius 2 is 2.26 bits per heavy atom. The minimum Gasteiger partial charge on any atom is -0.495 e. The van der Waals surface area contributed by atoms with Gasteiger partial charge in [-0.2, -0.15) is 0 Å². The van der Waals surface area contributed by atoms with Crippen LogP contribution >= 0.6 is 27.7 Å². The Bertz CT molecular complexity index is 639. The molecule has 0 bridgehead atoms. The summed E-state index contributed by atoms with van der Waals surface area (Å²) in [6.45, 7) is 3.32. The van der Waals surface area contributed by atoms with Gasteiger partial charge in [-0.05, 0) is 29.8 Å². The number of aromatic nitrogens is 2. The van der Waals surface area contributed by atoms with Crippen LogP contribution in [0.25, 0.3) is 5.65 Å². The maximum absolute atomic E-state index is 11.2. The van der Waals surface area contributed by atoms with Gasteiger partial charge >= 0.3 is 5.97 Å². The van der Waals surface area contributed by atoms with Gasteiger partial charge in [0.1, 0.15) is 20.7 Å². The lowest BCUT2D eigenvalue weighted by molar-refractivity contribution is -0.138. The standard InChI is InChI=1S/C12H13BrN2O3S/c1-12(2,11(16)17)19-8-6-15-9(13)5-14-10(15)4-7(8)18-3/h4-6H,1-3H3,(H,16,17). The molecule has 0 aliphatic heterocycles. The van der Waals surface area contributed by atoms with Crippen LogP contribution in [0.4, 0.5) is 0 Å². The summed E-state index contributed by atoms with van der Waals surface area (Å²) in [5.41, 5.74) is 0.737. The predicted molar refractivity (Wildman–Crippen MR) is 77.0 cm³/mol. The summed E-state index contributed by atoms with van der Waals surface area (Å²) in [7, 11) is 1.56. The average molecular weight is 345 g/mol. The van der Waals surface area contributed by atoms with Crippen molar-refractivity contribution in [3.8, 4) is 5.75 Å². The molecule has 0 atom stereocenters. The second-order valence-corrected chi connectivity index (χ2v) is 6.91. The van der Waals surface area contributed by atoms with Gasteiger partial charge in [-0.25, -0.2) is 4.98 Å². The highest BCUT2D eigenvalue weighted by Crippen LogP contribution is 2.39. The van der Waals surface area contributed by atoms with Crippen LogP contribution in [0.5, 0.6) is 5.75 Å². The summed E-state index contributed by atoms with van der Waals surface area (Å²) >= 11 is 4.63. The molecule has 2 aromatic heterocycles. The number of carbonyl (C=O) groups is 1. The number of methoxy groups -OCH3 is 1. The lowest BCUT2D eigenvalue weighted by Crippen LogP contribution is -2.27. The Labute approximate surface area is 123 Å². The van der Waals surface area contributed by atoms with E-state index < -0.39 is 10.7 Å². The minimum absolute atomic E-state index is 0.616. The van der Waals surface area contributed by atoms with Crippen molar-refractivity contribution < 1.29 is 14.6 Å². The van der Waals surface area contributed by atoms with E-state index in [4.69, 9.17) is 4.74 Å². The predicted octanol–water partition coefficient (Wildman–Crippen LogP) is 3.06. The van der Waals surface area contributed by atoms with Crippen molar-refractivity contribution in [3.05, 3.63) is 23.1 Å². The molecule has 0 spiro atoms. The molecule has 2 rings (SSSR count). The summed E-state index contributed by atoms with van der Waals surface area (Å²) in [5, 5.41) is 9.20. The molecule has 0 aliphatic carbocycles. The molecule has 0 saturated carbocycles. The average Bonchev–Trinajstić information content (AvgIpc) is 2.69. The monoisotopic (exact) mass is 344 g/mol. The molecule has 0 unspecified atom stereocenters. The maximum Gasteiger partial charge on any atom is 0.319 e. The highest BCUT2D eigenvalue weighted by Gasteiger charge is 2.30. The summed E-state index contributed by atoms with van der Waals surface area (Å²) < 4.78 is 7.01. The van der Waals surface area contributed by atoms with Crippen LogP contribution in [0.1, 0.15) is 13.8 Å². The zero-order chi connectivity index (χ0) is 14.2. The molecule has 5 nitrogen and oxygen atoms in total. The van der Waals surface area contributed by atoms with E-state index >= 15 is 0 Å². The van der Waals surface area contributed by atoms with Gasteiger partial charge in [-0.3, -0.25) is 9.20 Å². The van der Waals surface area contributed by atoms with Crippen LogP contribution < -0.4 is 4.74 Å². The number of aliphatic carboxylic acids is 1. The van der Waals surface area contributed by atoms with Gasteiger partial charge < -0.3 is 9.84 Å². The van der Waals surface area contributed by atoms with Gasteiger partial charge in [0.15, 0.2) is 0 Å². The SMILES string of the molecule is COc1cc2ncc(Br)n2cc1SC(C)(C)C(=O)O. The van der Waals surface area contributed by atoms with E-state index in [9.17, 15) is 9.90 Å². The zero-order valence-corrected chi connectivity index (χ0v) is 13.1. The molecule has 102 valence electrons. The number of pyridine rings is 1. The molecular formula is C12H13BrN2O3S. The largest absolute Gasteiger partial charge is 0.495 e. The molecule has 19 heavy (non-hydrogen) atoms. The van der Waals surface area contributed by atoms with Crippen molar-refractivity contribution in [2.75, 3.05) is 7.11 Å². The normalized spacial score (nSPS) is 11.8. The van der Waals surface area contributed by atoms with E-state index in [2.05, 4.69) is 20.9 Å². The number of carboxylic acids is 1. The van der Waals surface area contributed by atoms with E-state index in [1.807, 2.05) is 10.6 Å². The molecule has 1 N–H and O–H groups in total. The number of hydrogen-bond donors (Lipinski definition) is 1. The van der Waals surface area contributed by atoms with Crippen molar-refractivity contribution >= 4 is 39.3 Å². The Balaban J connectivity index is 2.51. The second-order valence-electron chi connectivity index (χ2n) is 4.43. The number of imidazole rings is 1. The van der Waals surface area contributed by atoms with Crippen LogP contribution in [-0.4, -0.2) is 32.3 Å². The summed E-state index contributed by atoms with van der Waals surface area (Å²) in [5.74, 6) is -0.255. The van der Waals surface area contributed by atoms with Crippen LogP contribution in [-0.2, 0) is 4.79 Å². The summed E-state index contributed by atoms with van der Waals surface area (Å²) in [6.07, 6.45) is 3.51. The van der Waals surface area contributed by atoms with Crippen LogP contribution in [0, 0.1) is 0 Å². The molecule has 0 aromatic carbocycles. The van der Waals surface area contributed by atoms with E-state index in [1.54, 1.807) is 33.2 Å². The third-order valence-corrected chi connectivity index (χ3v) is 4.43. The molecule has 2 heterocycles. The molecule has 0 radical (unpaired) electrons. The van der Waals surface area contributed by atoms with Gasteiger partial charge in [-0.1, -0.05) is 0 Å². The first-order valence-corrected chi connectivity index (χ1v) is 7.09. The van der Waals surface area contributed by atoms with Crippen LogP contribution in [0.2, 0.25) is 0 Å². The van der Waals surface area contributed by atoms with E-state index in [0.29, 0.717) is 5.75 Å². The minimum atomic E-state index is -0.936. The highest BCUT2D eigenvalue weighted by molar-refractivity contribution is 9.10. The highest BCUT2D eigenvalue weighted by atomic mass is 79.9. The molecule has 2 aromatic rings. The third kappa shape index (κ3) is 2.71. The van der Waals surface area contributed by atoms with E-state index in [0.717, 1.165) is 15.1 Å². The fourth-order valence-electron chi connectivity index (χ4n) is 1.51. The summed E-state index contributed by atoms with van der Waals surface area (Å²) in [4.78, 5) is 16.2. The quantitative estimate of drug-likeness (QED) is 0.863.